The van der Waals surface area contributed by atoms with Gasteiger partial charge in [-0.2, -0.15) is 5.16 Å². The number of halogens is 3. The third kappa shape index (κ3) is 3.01. The lowest BCUT2D eigenvalue weighted by Gasteiger charge is -2.22. The molecule has 10 heteroatoms. The molecule has 2 aromatic carbocycles. The molecule has 4 aromatic rings. The van der Waals surface area contributed by atoms with Gasteiger partial charge in [-0.15, -0.1) is 0 Å². The minimum absolute atomic E-state index is 0.207. The van der Waals surface area contributed by atoms with Crippen LogP contribution in [0.1, 0.15) is 12.8 Å². The van der Waals surface area contributed by atoms with Crippen LogP contribution in [0.5, 0.6) is 0 Å². The second-order valence-corrected chi connectivity index (χ2v) is 7.95. The Hall–Kier alpha value is -3.53. The molecule has 0 saturated carbocycles. The van der Waals surface area contributed by atoms with Gasteiger partial charge in [0.05, 0.1) is 10.9 Å². The largest absolute Gasteiger partial charge is 0.366 e. The zero-order valence-electron chi connectivity index (χ0n) is 16.8. The van der Waals surface area contributed by atoms with Crippen molar-refractivity contribution in [2.24, 2.45) is 11.7 Å². The van der Waals surface area contributed by atoms with Gasteiger partial charge in [0.25, 0.3) is 5.56 Å². The summed E-state index contributed by atoms with van der Waals surface area (Å²) in [5.41, 5.74) is 3.44. The van der Waals surface area contributed by atoms with E-state index in [9.17, 15) is 14.0 Å². The topological polar surface area (TPSA) is 97.3 Å². The van der Waals surface area contributed by atoms with Crippen LogP contribution >= 0.6 is 0 Å². The van der Waals surface area contributed by atoms with Crippen LogP contribution in [-0.2, 0) is 0 Å². The van der Waals surface area contributed by atoms with Crippen molar-refractivity contribution in [2.75, 3.05) is 24.5 Å². The molecular formula is C22H19F3N4O3. The number of benzene rings is 2. The fourth-order valence-corrected chi connectivity index (χ4v) is 4.51. The highest BCUT2D eigenvalue weighted by Crippen LogP contribution is 2.35. The second-order valence-electron chi connectivity index (χ2n) is 7.95. The Kier molecular flexibility index (Phi) is 4.81. The number of H-pyrrole nitrogens is 1. The summed E-state index contributed by atoms with van der Waals surface area (Å²) in [6, 6.07) is 5.94. The highest BCUT2D eigenvalue weighted by atomic mass is 19.1. The molecule has 166 valence electrons. The number of hydrogen-bond donors (Lipinski definition) is 2. The molecule has 1 atom stereocenters. The second kappa shape index (κ2) is 7.56. The van der Waals surface area contributed by atoms with Gasteiger partial charge in [0, 0.05) is 18.8 Å². The number of hydrogen-bond acceptors (Lipinski definition) is 5. The molecule has 1 saturated heterocycles. The van der Waals surface area contributed by atoms with Crippen LogP contribution in [0.25, 0.3) is 27.7 Å². The summed E-state index contributed by atoms with van der Waals surface area (Å²) in [6.07, 6.45) is 1.48. The molecule has 0 radical (unpaired) electrons. The normalized spacial score (nSPS) is 16.5. The summed E-state index contributed by atoms with van der Waals surface area (Å²) in [5, 5.41) is 1.38. The van der Waals surface area contributed by atoms with Crippen molar-refractivity contribution in [2.45, 2.75) is 12.8 Å². The molecule has 1 aliphatic heterocycles. The van der Waals surface area contributed by atoms with Gasteiger partial charge in [-0.3, -0.25) is 14.2 Å². The number of aromatic amines is 1. The van der Waals surface area contributed by atoms with Gasteiger partial charge < -0.3 is 15.2 Å². The predicted molar refractivity (Wildman–Crippen MR) is 114 cm³/mol. The molecule has 3 heterocycles. The summed E-state index contributed by atoms with van der Waals surface area (Å²) < 4.78 is 51.0. The van der Waals surface area contributed by atoms with Crippen molar-refractivity contribution < 1.29 is 17.7 Å². The highest BCUT2D eigenvalue weighted by Gasteiger charge is 2.30. The lowest BCUT2D eigenvalue weighted by Crippen LogP contribution is -2.24. The van der Waals surface area contributed by atoms with Crippen molar-refractivity contribution in [1.82, 2.24) is 9.72 Å². The standard InChI is InChI=1S/C22H19F3N4O3/c23-12-1-3-13(4-2-12)29-18-14(20(30)16-21(31)27-32-22(16)29)9-15(24)19(17(18)25)28-8-6-11(10-28)5-7-26/h1-4,9,11H,5-8,10,26H2,(H,27,31). The Morgan fingerprint density at radius 2 is 1.91 bits per heavy atom. The van der Waals surface area contributed by atoms with Crippen molar-refractivity contribution >= 4 is 27.7 Å². The summed E-state index contributed by atoms with van der Waals surface area (Å²) >= 11 is 0. The zero-order chi connectivity index (χ0) is 22.6. The molecule has 7 nitrogen and oxygen atoms in total. The molecule has 5 rings (SSSR count). The Morgan fingerprint density at radius 1 is 1.16 bits per heavy atom. The van der Waals surface area contributed by atoms with Crippen LogP contribution in [0.15, 0.2) is 44.4 Å². The first-order valence-electron chi connectivity index (χ1n) is 10.2. The Balaban J connectivity index is 1.85. The molecule has 1 unspecified atom stereocenters. The maximum atomic E-state index is 16.0. The average Bonchev–Trinajstić information content (AvgIpc) is 3.37. The van der Waals surface area contributed by atoms with Gasteiger partial charge in [0.15, 0.2) is 11.2 Å². The van der Waals surface area contributed by atoms with E-state index in [1.165, 1.54) is 16.7 Å². The van der Waals surface area contributed by atoms with E-state index in [1.807, 2.05) is 0 Å². The highest BCUT2D eigenvalue weighted by molar-refractivity contribution is 5.95. The molecule has 3 N–H and O–H groups in total. The van der Waals surface area contributed by atoms with Crippen LogP contribution in [0.4, 0.5) is 18.9 Å². The molecule has 0 aliphatic carbocycles. The summed E-state index contributed by atoms with van der Waals surface area (Å²) in [4.78, 5) is 26.8. The minimum Gasteiger partial charge on any atom is -0.366 e. The van der Waals surface area contributed by atoms with E-state index in [0.29, 0.717) is 19.6 Å². The molecule has 1 fully saturated rings. The Morgan fingerprint density at radius 3 is 2.62 bits per heavy atom. The lowest BCUT2D eigenvalue weighted by atomic mass is 10.1. The van der Waals surface area contributed by atoms with Crippen molar-refractivity contribution in [3.05, 3.63) is 68.4 Å². The van der Waals surface area contributed by atoms with Gasteiger partial charge >= 0.3 is 0 Å². The fraction of sp³-hybridized carbons (Fsp3) is 0.273. The smallest absolute Gasteiger partial charge is 0.293 e. The van der Waals surface area contributed by atoms with Gasteiger partial charge in [-0.25, -0.2) is 13.2 Å². The van der Waals surface area contributed by atoms with Gasteiger partial charge in [-0.05, 0) is 55.6 Å². The number of nitrogens with two attached hydrogens (primary N) is 1. The average molecular weight is 444 g/mol. The number of rotatable bonds is 4. The fourth-order valence-electron chi connectivity index (χ4n) is 4.51. The lowest BCUT2D eigenvalue weighted by molar-refractivity contribution is 0.437. The summed E-state index contributed by atoms with van der Waals surface area (Å²) in [6.45, 7) is 1.35. The first-order chi connectivity index (χ1) is 15.4. The van der Waals surface area contributed by atoms with Crippen LogP contribution in [0.3, 0.4) is 0 Å². The van der Waals surface area contributed by atoms with E-state index in [4.69, 9.17) is 10.3 Å². The SMILES string of the molecule is NCCC1CCN(c2c(F)cc3c(=O)c4c(=O)[nH]oc4n(-c4ccc(F)cc4)c3c2F)C1. The van der Waals surface area contributed by atoms with Crippen molar-refractivity contribution in [3.8, 4) is 5.69 Å². The third-order valence-corrected chi connectivity index (χ3v) is 6.01. The number of aromatic nitrogens is 2. The molecule has 2 aromatic heterocycles. The minimum atomic E-state index is -0.958. The first kappa shape index (κ1) is 20.4. The first-order valence-corrected chi connectivity index (χ1v) is 10.2. The van der Waals surface area contributed by atoms with Crippen LogP contribution in [-0.4, -0.2) is 29.4 Å². The van der Waals surface area contributed by atoms with E-state index in [-0.39, 0.29) is 39.3 Å². The molecule has 32 heavy (non-hydrogen) atoms. The van der Waals surface area contributed by atoms with E-state index in [0.717, 1.165) is 31.0 Å². The predicted octanol–water partition coefficient (Wildman–Crippen LogP) is 3.02. The van der Waals surface area contributed by atoms with E-state index in [1.54, 1.807) is 4.90 Å². The molecule has 0 amide bonds. The zero-order valence-corrected chi connectivity index (χ0v) is 16.8. The quantitative estimate of drug-likeness (QED) is 0.504. The van der Waals surface area contributed by atoms with Gasteiger partial charge in [0.2, 0.25) is 11.1 Å². The van der Waals surface area contributed by atoms with E-state index in [2.05, 4.69) is 5.16 Å². The Bertz CT molecular complexity index is 1460. The van der Waals surface area contributed by atoms with Crippen LogP contribution < -0.4 is 21.6 Å². The maximum absolute atomic E-state index is 16.0. The van der Waals surface area contributed by atoms with Gasteiger partial charge in [-0.1, -0.05) is 0 Å². The molecule has 1 aliphatic rings. The number of anilines is 1. The van der Waals surface area contributed by atoms with Crippen LogP contribution in [0, 0.1) is 23.4 Å². The molecular weight excluding hydrogens is 425 g/mol. The third-order valence-electron chi connectivity index (χ3n) is 6.01. The molecule has 0 spiro atoms. The maximum Gasteiger partial charge on any atom is 0.293 e. The monoisotopic (exact) mass is 444 g/mol. The van der Waals surface area contributed by atoms with Crippen molar-refractivity contribution in [1.29, 1.82) is 0 Å². The number of fused-ring (bicyclic) bond motifs is 2. The van der Waals surface area contributed by atoms with E-state index >= 15 is 8.78 Å². The Labute approximate surface area is 178 Å². The van der Waals surface area contributed by atoms with Gasteiger partial charge in [0.1, 0.15) is 17.3 Å². The summed E-state index contributed by atoms with van der Waals surface area (Å²) in [5.74, 6) is -2.17. The summed E-state index contributed by atoms with van der Waals surface area (Å²) in [7, 11) is 0. The molecule has 0 bridgehead atoms. The van der Waals surface area contributed by atoms with Crippen LogP contribution in [0.2, 0.25) is 0 Å². The number of pyridine rings is 1. The number of nitrogens with zero attached hydrogens (tertiary/aromatic N) is 2. The van der Waals surface area contributed by atoms with Crippen molar-refractivity contribution in [3.63, 3.8) is 0 Å². The van der Waals surface area contributed by atoms with E-state index < -0.39 is 28.4 Å². The number of nitrogens with one attached hydrogen (secondary N) is 1.